The van der Waals surface area contributed by atoms with Gasteiger partial charge in [0.05, 0.1) is 26.1 Å². The fourth-order valence-corrected chi connectivity index (χ4v) is 11.4. The Kier molecular flexibility index (Phi) is 10.8. The van der Waals surface area contributed by atoms with Crippen molar-refractivity contribution in [1.82, 2.24) is 34.1 Å². The molecule has 2 aliphatic heterocycles. The van der Waals surface area contributed by atoms with E-state index in [0.29, 0.717) is 0 Å². The van der Waals surface area contributed by atoms with Crippen LogP contribution in [0.5, 0.6) is 5.88 Å². The third-order valence-corrected chi connectivity index (χ3v) is 14.3. The standard InChI is InChI=1S/C22H31N10O17P3S/c1-30-6-32(16-10(30)18(37)29-22(24)27-16)20-14(44-2)12(34)7(46-20)3-45-50(38,39)48-51(40,41)49-52(42,43)53-4-8-11(33)13(35)19(47-8)31-5-25-9-15(31)26-21(23)28-17(9)36/h5-8,11-14,19-20,33-35H,3-4H2,1-2H3,(H8-,23,24,26,27,28,29,36,37,38,39,40,41,42,43)/p-3/t7-,8-,11+,12?,13?,14+,19-,20-/m1/s1. The zero-order chi connectivity index (χ0) is 38.8. The minimum absolute atomic E-state index is 0.00337. The number of H-pyrrole nitrogens is 1. The van der Waals surface area contributed by atoms with E-state index in [1.54, 1.807) is 0 Å². The first-order valence-corrected chi connectivity index (χ1v) is 20.7. The maximum Gasteiger partial charge on any atom is 0.309 e. The van der Waals surface area contributed by atoms with Gasteiger partial charge in [0.1, 0.15) is 30.5 Å². The van der Waals surface area contributed by atoms with Gasteiger partial charge in [-0.2, -0.15) is 4.98 Å². The lowest BCUT2D eigenvalue weighted by molar-refractivity contribution is -0.746. The largest absolute Gasteiger partial charge is 0.856 e. The number of fused-ring (bicyclic) bond motifs is 2. The lowest BCUT2D eigenvalue weighted by Gasteiger charge is -2.35. The van der Waals surface area contributed by atoms with E-state index in [1.807, 2.05) is 0 Å². The number of aliphatic hydroxyl groups is 3. The number of hydrogen-bond donors (Lipinski definition) is 6. The number of anilines is 2. The van der Waals surface area contributed by atoms with E-state index >= 15 is 0 Å². The average Bonchev–Trinajstić information content (AvgIpc) is 3.77. The van der Waals surface area contributed by atoms with Crippen molar-refractivity contribution in [2.45, 2.75) is 49.1 Å². The first-order chi connectivity index (χ1) is 24.7. The number of aromatic nitrogens is 8. The molecule has 292 valence electrons. The van der Waals surface area contributed by atoms with Crippen LogP contribution in [-0.2, 0) is 48.1 Å². The maximum absolute atomic E-state index is 12.5. The predicted octanol–water partition coefficient (Wildman–Crippen LogP) is -5.29. The number of phosphoric acid groups is 2. The van der Waals surface area contributed by atoms with E-state index in [1.165, 1.54) is 29.6 Å². The van der Waals surface area contributed by atoms with E-state index in [4.69, 9.17) is 25.7 Å². The summed E-state index contributed by atoms with van der Waals surface area (Å²) in [5.41, 5.74) is 10.1. The number of aryl methyl sites for hydroxylation is 1. The number of nitrogens with two attached hydrogens (primary N) is 2. The Bertz CT molecular complexity index is 2240. The van der Waals surface area contributed by atoms with Crippen molar-refractivity contribution in [3.8, 4) is 5.88 Å². The van der Waals surface area contributed by atoms with Crippen molar-refractivity contribution in [2.24, 2.45) is 7.05 Å². The molecule has 27 nitrogen and oxygen atoms in total. The van der Waals surface area contributed by atoms with Crippen molar-refractivity contribution < 1.29 is 80.7 Å². The fourth-order valence-electron chi connectivity index (χ4n) is 5.61. The van der Waals surface area contributed by atoms with Crippen LogP contribution in [0.4, 0.5) is 11.9 Å². The van der Waals surface area contributed by atoms with Gasteiger partial charge in [-0.3, -0.25) is 36.9 Å². The van der Waals surface area contributed by atoms with Crippen LogP contribution in [-0.4, -0.2) is 105 Å². The topological polar surface area (TPSA) is 410 Å². The van der Waals surface area contributed by atoms with E-state index in [2.05, 4.69) is 38.1 Å². The van der Waals surface area contributed by atoms with Crippen molar-refractivity contribution in [2.75, 3.05) is 30.9 Å². The molecule has 11 atom stereocenters. The minimum Gasteiger partial charge on any atom is -0.856 e. The molecule has 0 bridgehead atoms. The maximum atomic E-state index is 12.5. The number of ether oxygens (including phenoxy) is 3. The monoisotopic (exact) mass is 829 g/mol. The number of nitrogen functional groups attached to an aromatic ring is 2. The molecule has 2 saturated heterocycles. The third kappa shape index (κ3) is 7.99. The lowest BCUT2D eigenvalue weighted by atomic mass is 10.1. The van der Waals surface area contributed by atoms with Crippen LogP contribution in [0, 0.1) is 0 Å². The number of phosphoric ester groups is 1. The van der Waals surface area contributed by atoms with Gasteiger partial charge in [0.2, 0.25) is 12.2 Å². The van der Waals surface area contributed by atoms with Crippen molar-refractivity contribution >= 4 is 68.0 Å². The molecule has 2 aliphatic rings. The second-order valence-corrected chi connectivity index (χ2v) is 18.3. The molecular formula is C22H28N10O17P3S-3. The van der Waals surface area contributed by atoms with Gasteiger partial charge >= 0.3 is 5.65 Å². The molecule has 6 heterocycles. The van der Waals surface area contributed by atoms with Gasteiger partial charge in [0.25, 0.3) is 27.2 Å². The summed E-state index contributed by atoms with van der Waals surface area (Å²) in [6.07, 6.45) is -9.72. The van der Waals surface area contributed by atoms with Crippen molar-refractivity contribution in [1.29, 1.82) is 0 Å². The molecule has 2 fully saturated rings. The van der Waals surface area contributed by atoms with E-state index in [-0.39, 0.29) is 45.6 Å². The normalized spacial score (nSPS) is 29.7. The fraction of sp³-hybridized carbons (Fsp3) is 0.545. The lowest BCUT2D eigenvalue weighted by Crippen LogP contribution is -2.46. The molecule has 4 aromatic heterocycles. The highest BCUT2D eigenvalue weighted by molar-refractivity contribution is 8.54. The Morgan fingerprint density at radius 2 is 1.75 bits per heavy atom. The number of nitrogens with zero attached hydrogens (tertiary/aromatic N) is 7. The molecule has 53 heavy (non-hydrogen) atoms. The Labute approximate surface area is 298 Å². The Morgan fingerprint density at radius 3 is 2.45 bits per heavy atom. The zero-order valence-electron chi connectivity index (χ0n) is 26.8. The van der Waals surface area contributed by atoms with Gasteiger partial charge < -0.3 is 65.3 Å². The summed E-state index contributed by atoms with van der Waals surface area (Å²) in [6, 6.07) is 0. The smallest absolute Gasteiger partial charge is 0.309 e. The molecule has 0 amide bonds. The predicted molar refractivity (Wildman–Crippen MR) is 165 cm³/mol. The Hall–Kier alpha value is -3.14. The zero-order valence-corrected chi connectivity index (χ0v) is 30.3. The summed E-state index contributed by atoms with van der Waals surface area (Å²) in [7, 11) is -9.54. The van der Waals surface area contributed by atoms with Crippen LogP contribution < -0.4 is 41.4 Å². The Balaban J connectivity index is 1.06. The number of aromatic amines is 1. The van der Waals surface area contributed by atoms with Gasteiger partial charge in [0, 0.05) is 18.7 Å². The van der Waals surface area contributed by atoms with Crippen molar-refractivity contribution in [3.05, 3.63) is 23.0 Å². The minimum atomic E-state index is -6.26. The molecule has 0 saturated carbocycles. The SMILES string of the molecule is CO[C@H]1C(O)[C@@H](COP(=O)([O-])OP(=O)([O-])OP(=O)([O-])SC[C@H]2O[C@@H](n3cnc4c(=O)[nH]c(N)nc43)C(O)[C@H]2O)O[C@H]1[n+]1cn(C)c2c([O-])nc(N)nc21. The van der Waals surface area contributed by atoms with Gasteiger partial charge in [-0.1, -0.05) is 16.4 Å². The summed E-state index contributed by atoms with van der Waals surface area (Å²) >= 11 is -0.245. The van der Waals surface area contributed by atoms with Gasteiger partial charge in [-0.15, -0.1) is 0 Å². The Morgan fingerprint density at radius 1 is 1.04 bits per heavy atom. The summed E-state index contributed by atoms with van der Waals surface area (Å²) in [5, 5.41) is 44.1. The number of aliphatic hydroxyl groups excluding tert-OH is 3. The molecule has 31 heteroatoms. The second kappa shape index (κ2) is 14.5. The van der Waals surface area contributed by atoms with Crippen LogP contribution >= 0.6 is 33.8 Å². The van der Waals surface area contributed by atoms with Gasteiger partial charge in [0.15, 0.2) is 36.0 Å². The summed E-state index contributed by atoms with van der Waals surface area (Å²) < 4.78 is 69.9. The van der Waals surface area contributed by atoms with E-state index < -0.39 is 95.3 Å². The van der Waals surface area contributed by atoms with Gasteiger partial charge in [-0.05, 0) is 0 Å². The molecule has 6 rings (SSSR count). The van der Waals surface area contributed by atoms with Crippen LogP contribution in [0.2, 0.25) is 0 Å². The molecule has 0 spiro atoms. The van der Waals surface area contributed by atoms with E-state index in [9.17, 15) is 53.6 Å². The number of imidazole rings is 2. The first-order valence-electron chi connectivity index (χ1n) is 14.7. The van der Waals surface area contributed by atoms with Crippen LogP contribution in [0.1, 0.15) is 12.5 Å². The highest BCUT2D eigenvalue weighted by Gasteiger charge is 2.49. The average molecular weight is 830 g/mol. The third-order valence-electron chi connectivity index (χ3n) is 7.86. The number of rotatable bonds is 13. The molecule has 0 aromatic carbocycles. The number of hydrogen-bond acceptors (Lipinski definition) is 24. The molecule has 0 aliphatic carbocycles. The summed E-state index contributed by atoms with van der Waals surface area (Å²) in [6.45, 7) is -6.69. The second-order valence-electron chi connectivity index (χ2n) is 11.4. The molecular weight excluding hydrogens is 801 g/mol. The molecule has 5 unspecified atom stereocenters. The van der Waals surface area contributed by atoms with Crippen LogP contribution in [0.3, 0.4) is 0 Å². The van der Waals surface area contributed by atoms with Crippen LogP contribution in [0.15, 0.2) is 17.4 Å². The van der Waals surface area contributed by atoms with Gasteiger partial charge in [-0.25, -0.2) is 18.8 Å². The highest BCUT2D eigenvalue weighted by atomic mass is 32.7. The highest BCUT2D eigenvalue weighted by Crippen LogP contribution is 2.67. The summed E-state index contributed by atoms with van der Waals surface area (Å²) in [5.74, 6) is -2.17. The number of methoxy groups -OCH3 is 1. The van der Waals surface area contributed by atoms with Crippen LogP contribution in [0.25, 0.3) is 22.3 Å². The first kappa shape index (κ1) is 39.6. The molecule has 4 aromatic rings. The van der Waals surface area contributed by atoms with Crippen molar-refractivity contribution in [3.63, 3.8) is 0 Å². The number of nitrogens with one attached hydrogen (secondary N) is 1. The molecule has 8 N–H and O–H groups in total. The van der Waals surface area contributed by atoms with E-state index in [0.717, 1.165) is 10.9 Å². The quantitative estimate of drug-likeness (QED) is 0.0541. The molecule has 0 radical (unpaired) electrons. The summed E-state index contributed by atoms with van der Waals surface area (Å²) in [4.78, 5) is 66.9.